The lowest BCUT2D eigenvalue weighted by molar-refractivity contribution is 0.118. The zero-order chi connectivity index (χ0) is 12.8. The number of nitrogens with one attached hydrogen (secondary N) is 1. The molecule has 0 unspecified atom stereocenters. The lowest BCUT2D eigenvalue weighted by Crippen LogP contribution is -2.31. The van der Waals surface area contributed by atoms with E-state index >= 15 is 0 Å². The highest BCUT2D eigenvalue weighted by atomic mass is 16.3. The molecule has 1 heterocycles. The fourth-order valence-electron chi connectivity index (χ4n) is 1.67. The molecule has 94 valence electrons. The lowest BCUT2D eigenvalue weighted by Gasteiger charge is -2.22. The Balaban J connectivity index is 2.09. The van der Waals surface area contributed by atoms with Crippen LogP contribution in [0.4, 0.5) is 5.82 Å². The van der Waals surface area contributed by atoms with Gasteiger partial charge in [0.05, 0.1) is 12.6 Å². The third-order valence-corrected chi connectivity index (χ3v) is 2.63. The third-order valence-electron chi connectivity index (χ3n) is 2.63. The van der Waals surface area contributed by atoms with Gasteiger partial charge in [-0.3, -0.25) is 0 Å². The van der Waals surface area contributed by atoms with E-state index in [0.29, 0.717) is 5.82 Å². The summed E-state index contributed by atoms with van der Waals surface area (Å²) in [7, 11) is 0. The third kappa shape index (κ3) is 3.03. The average Bonchev–Trinajstić information content (AvgIpc) is 2.46. The predicted molar refractivity (Wildman–Crippen MR) is 67.9 cm³/mol. The first-order valence-corrected chi connectivity index (χ1v) is 5.67. The molecule has 2 rings (SSSR count). The van der Waals surface area contributed by atoms with Crippen LogP contribution in [0.3, 0.4) is 0 Å². The van der Waals surface area contributed by atoms with Crippen molar-refractivity contribution in [1.29, 1.82) is 0 Å². The van der Waals surface area contributed by atoms with E-state index in [-0.39, 0.29) is 6.61 Å². The Hall–Kier alpha value is -1.98. The normalized spacial score (nSPS) is 13.9. The molecule has 0 saturated heterocycles. The summed E-state index contributed by atoms with van der Waals surface area (Å²) in [5, 5.41) is 22.5. The van der Waals surface area contributed by atoms with Crippen molar-refractivity contribution < 1.29 is 10.2 Å². The molecule has 0 fully saturated rings. The summed E-state index contributed by atoms with van der Waals surface area (Å²) >= 11 is 0. The van der Waals surface area contributed by atoms with Crippen LogP contribution < -0.4 is 5.32 Å². The first-order valence-electron chi connectivity index (χ1n) is 5.67. The number of anilines is 1. The van der Waals surface area contributed by atoms with Gasteiger partial charge < -0.3 is 15.5 Å². The zero-order valence-electron chi connectivity index (χ0n) is 9.77. The molecule has 3 N–H and O–H groups in total. The van der Waals surface area contributed by atoms with E-state index in [1.807, 2.05) is 30.3 Å². The number of hydrogen-bond donors (Lipinski definition) is 3. The summed E-state index contributed by atoms with van der Waals surface area (Å²) in [5.41, 5.74) is 0.748. The van der Waals surface area contributed by atoms with Crippen LogP contribution in [-0.2, 0) is 0 Å². The molecule has 1 aromatic carbocycles. The van der Waals surface area contributed by atoms with Crippen LogP contribution in [0.25, 0.3) is 0 Å². The molecule has 0 amide bonds. The van der Waals surface area contributed by atoms with Gasteiger partial charge in [0.1, 0.15) is 18.2 Å². The van der Waals surface area contributed by atoms with Gasteiger partial charge in [0.2, 0.25) is 0 Å². The van der Waals surface area contributed by atoms with Gasteiger partial charge in [-0.05, 0) is 11.6 Å². The van der Waals surface area contributed by atoms with Gasteiger partial charge in [-0.25, -0.2) is 9.97 Å². The largest absolute Gasteiger partial charge is 0.394 e. The Bertz CT molecular complexity index is 464. The van der Waals surface area contributed by atoms with Crippen LogP contribution in [0.5, 0.6) is 0 Å². The van der Waals surface area contributed by atoms with Crippen molar-refractivity contribution in [2.45, 2.75) is 12.1 Å². The molecule has 0 aliphatic rings. The van der Waals surface area contributed by atoms with Crippen molar-refractivity contribution in [1.82, 2.24) is 9.97 Å². The van der Waals surface area contributed by atoms with E-state index in [0.717, 1.165) is 5.56 Å². The maximum absolute atomic E-state index is 10.2. The lowest BCUT2D eigenvalue weighted by atomic mass is 10.0. The minimum Gasteiger partial charge on any atom is -0.394 e. The average molecular weight is 245 g/mol. The topological polar surface area (TPSA) is 78.3 Å². The zero-order valence-corrected chi connectivity index (χ0v) is 9.77. The Morgan fingerprint density at radius 2 is 1.94 bits per heavy atom. The maximum atomic E-state index is 10.2. The minimum atomic E-state index is -0.800. The van der Waals surface area contributed by atoms with E-state index < -0.39 is 12.1 Å². The highest BCUT2D eigenvalue weighted by Crippen LogP contribution is 2.18. The van der Waals surface area contributed by atoms with Crippen LogP contribution in [0.1, 0.15) is 11.7 Å². The summed E-state index contributed by atoms with van der Waals surface area (Å²) in [6, 6.07) is 10.4. The van der Waals surface area contributed by atoms with E-state index in [9.17, 15) is 10.2 Å². The number of hydrogen-bond acceptors (Lipinski definition) is 5. The smallest absolute Gasteiger partial charge is 0.129 e. The molecule has 0 radical (unpaired) electrons. The van der Waals surface area contributed by atoms with Crippen LogP contribution in [0.15, 0.2) is 48.9 Å². The molecule has 18 heavy (non-hydrogen) atoms. The predicted octanol–water partition coefficient (Wildman–Crippen LogP) is 0.983. The van der Waals surface area contributed by atoms with Crippen LogP contribution in [0, 0.1) is 0 Å². The number of aliphatic hydroxyl groups excluding tert-OH is 2. The van der Waals surface area contributed by atoms with Crippen molar-refractivity contribution in [3.8, 4) is 0 Å². The summed E-state index contributed by atoms with van der Waals surface area (Å²) in [6.45, 7) is -0.194. The van der Waals surface area contributed by atoms with E-state index in [1.165, 1.54) is 6.33 Å². The molecular formula is C13H15N3O2. The van der Waals surface area contributed by atoms with Crippen LogP contribution >= 0.6 is 0 Å². The quantitative estimate of drug-likeness (QED) is 0.732. The molecule has 0 bridgehead atoms. The van der Waals surface area contributed by atoms with Crippen molar-refractivity contribution in [2.75, 3.05) is 11.9 Å². The first-order chi connectivity index (χ1) is 8.81. The first kappa shape index (κ1) is 12.5. The summed E-state index contributed by atoms with van der Waals surface area (Å²) < 4.78 is 0. The molecular weight excluding hydrogens is 230 g/mol. The fourth-order valence-corrected chi connectivity index (χ4v) is 1.67. The monoisotopic (exact) mass is 245 g/mol. The molecule has 0 saturated carbocycles. The van der Waals surface area contributed by atoms with Crippen molar-refractivity contribution in [3.63, 3.8) is 0 Å². The van der Waals surface area contributed by atoms with Gasteiger partial charge in [-0.1, -0.05) is 30.3 Å². The molecule has 2 aromatic rings. The number of aliphatic hydroxyl groups is 2. The number of rotatable bonds is 5. The van der Waals surface area contributed by atoms with Crippen LogP contribution in [0.2, 0.25) is 0 Å². The van der Waals surface area contributed by atoms with Gasteiger partial charge >= 0.3 is 0 Å². The van der Waals surface area contributed by atoms with Gasteiger partial charge in [0.15, 0.2) is 0 Å². The SMILES string of the molecule is OC[C@H](Nc1ccncn1)[C@@H](O)c1ccccc1. The highest BCUT2D eigenvalue weighted by Gasteiger charge is 2.20. The second-order valence-corrected chi connectivity index (χ2v) is 3.88. The molecule has 0 aliphatic heterocycles. The summed E-state index contributed by atoms with van der Waals surface area (Å²) in [4.78, 5) is 7.80. The van der Waals surface area contributed by atoms with E-state index in [1.54, 1.807) is 12.3 Å². The Morgan fingerprint density at radius 1 is 1.17 bits per heavy atom. The molecule has 1 aromatic heterocycles. The Labute approximate surface area is 105 Å². The van der Waals surface area contributed by atoms with Gasteiger partial charge in [0, 0.05) is 6.20 Å². The summed E-state index contributed by atoms with van der Waals surface area (Å²) in [5.74, 6) is 0.569. The van der Waals surface area contributed by atoms with Gasteiger partial charge in [-0.15, -0.1) is 0 Å². The minimum absolute atomic E-state index is 0.194. The van der Waals surface area contributed by atoms with Gasteiger partial charge in [-0.2, -0.15) is 0 Å². The Morgan fingerprint density at radius 3 is 2.56 bits per heavy atom. The second-order valence-electron chi connectivity index (χ2n) is 3.88. The molecule has 0 spiro atoms. The van der Waals surface area contributed by atoms with Crippen LogP contribution in [-0.4, -0.2) is 32.8 Å². The fraction of sp³-hybridized carbons (Fsp3) is 0.231. The standard InChI is InChI=1S/C13H15N3O2/c17-8-11(16-12-6-7-14-9-15-12)13(18)10-4-2-1-3-5-10/h1-7,9,11,13,17-18H,8H2,(H,14,15,16)/t11-,13-/m0/s1. The summed E-state index contributed by atoms with van der Waals surface area (Å²) in [6.07, 6.45) is 2.20. The number of nitrogens with zero attached hydrogens (tertiary/aromatic N) is 2. The van der Waals surface area contributed by atoms with Crippen molar-refractivity contribution >= 4 is 5.82 Å². The van der Waals surface area contributed by atoms with Gasteiger partial charge in [0.25, 0.3) is 0 Å². The molecule has 0 aliphatic carbocycles. The Kier molecular flexibility index (Phi) is 4.22. The molecule has 5 heteroatoms. The molecule has 5 nitrogen and oxygen atoms in total. The maximum Gasteiger partial charge on any atom is 0.129 e. The van der Waals surface area contributed by atoms with Crippen molar-refractivity contribution in [3.05, 3.63) is 54.5 Å². The number of benzene rings is 1. The van der Waals surface area contributed by atoms with E-state index in [4.69, 9.17) is 0 Å². The van der Waals surface area contributed by atoms with E-state index in [2.05, 4.69) is 15.3 Å². The highest BCUT2D eigenvalue weighted by molar-refractivity contribution is 5.34. The van der Waals surface area contributed by atoms with Crippen molar-refractivity contribution in [2.24, 2.45) is 0 Å². The molecule has 2 atom stereocenters. The number of aromatic nitrogens is 2. The second kappa shape index (κ2) is 6.09.